The van der Waals surface area contributed by atoms with E-state index in [1.165, 1.54) is 24.4 Å². The van der Waals surface area contributed by atoms with Crippen molar-refractivity contribution in [2.45, 2.75) is 6.92 Å². The summed E-state index contributed by atoms with van der Waals surface area (Å²) in [6, 6.07) is 13.0. The van der Waals surface area contributed by atoms with E-state index >= 15 is 0 Å². The molecule has 3 rings (SSSR count). The summed E-state index contributed by atoms with van der Waals surface area (Å²) < 4.78 is 13.1. The number of aromatic hydroxyl groups is 1. The molecule has 6 nitrogen and oxygen atoms in total. The van der Waals surface area contributed by atoms with Crippen molar-refractivity contribution in [1.29, 1.82) is 5.26 Å². The fourth-order valence-corrected chi connectivity index (χ4v) is 3.09. The van der Waals surface area contributed by atoms with Crippen molar-refractivity contribution in [2.75, 3.05) is 36.4 Å². The monoisotopic (exact) mass is 380 g/mol. The summed E-state index contributed by atoms with van der Waals surface area (Å²) in [5, 5.41) is 21.8. The number of nitriles is 1. The number of halogens is 1. The van der Waals surface area contributed by atoms with Crippen LogP contribution in [0, 0.1) is 24.1 Å². The van der Waals surface area contributed by atoms with Crippen LogP contribution in [0.2, 0.25) is 0 Å². The number of nitrogens with zero attached hydrogens (tertiary/aromatic N) is 3. The van der Waals surface area contributed by atoms with Crippen molar-refractivity contribution in [3.63, 3.8) is 0 Å². The lowest BCUT2D eigenvalue weighted by molar-refractivity contribution is -0.127. The maximum Gasteiger partial charge on any atom is 0.266 e. The maximum atomic E-state index is 13.1. The number of aryl methyl sites for hydroxylation is 1. The summed E-state index contributed by atoms with van der Waals surface area (Å²) in [5.41, 5.74) is 2.44. The van der Waals surface area contributed by atoms with E-state index in [0.29, 0.717) is 31.9 Å². The van der Waals surface area contributed by atoms with Crippen LogP contribution in [0.3, 0.4) is 0 Å². The second kappa shape index (κ2) is 8.44. The zero-order chi connectivity index (χ0) is 20.1. The van der Waals surface area contributed by atoms with E-state index < -0.39 is 0 Å². The van der Waals surface area contributed by atoms with Gasteiger partial charge in [-0.2, -0.15) is 5.26 Å². The van der Waals surface area contributed by atoms with Crippen LogP contribution in [0.4, 0.5) is 15.8 Å². The summed E-state index contributed by atoms with van der Waals surface area (Å²) in [4.78, 5) is 16.4. The zero-order valence-corrected chi connectivity index (χ0v) is 15.5. The molecule has 1 aliphatic heterocycles. The number of anilines is 2. The molecule has 0 aliphatic carbocycles. The number of benzene rings is 2. The van der Waals surface area contributed by atoms with Crippen molar-refractivity contribution < 1.29 is 14.3 Å². The SMILES string of the molecule is Cc1cc(O)ccc1N/C=C(/C#N)C(=O)N1CCN(c2ccc(F)cc2)CC1. The number of nitrogens with one attached hydrogen (secondary N) is 1. The molecule has 28 heavy (non-hydrogen) atoms. The molecule has 0 spiro atoms. The van der Waals surface area contributed by atoms with E-state index in [9.17, 15) is 19.6 Å². The molecule has 7 heteroatoms. The topological polar surface area (TPSA) is 79.6 Å². The first-order valence-electron chi connectivity index (χ1n) is 8.94. The molecule has 0 bridgehead atoms. The van der Waals surface area contributed by atoms with Crippen LogP contribution in [0.5, 0.6) is 5.75 Å². The van der Waals surface area contributed by atoms with Crippen LogP contribution in [0.15, 0.2) is 54.2 Å². The van der Waals surface area contributed by atoms with E-state index in [1.807, 2.05) is 13.0 Å². The van der Waals surface area contributed by atoms with Gasteiger partial charge in [-0.15, -0.1) is 0 Å². The quantitative estimate of drug-likeness (QED) is 0.484. The Morgan fingerprint density at radius 2 is 1.86 bits per heavy atom. The van der Waals surface area contributed by atoms with E-state index in [0.717, 1.165) is 11.3 Å². The third-order valence-corrected chi connectivity index (χ3v) is 4.69. The van der Waals surface area contributed by atoms with Gasteiger partial charge in [0, 0.05) is 43.8 Å². The predicted molar refractivity (Wildman–Crippen MR) is 105 cm³/mol. The molecule has 0 atom stereocenters. The van der Waals surface area contributed by atoms with Gasteiger partial charge in [0.1, 0.15) is 23.2 Å². The van der Waals surface area contributed by atoms with E-state index in [2.05, 4.69) is 10.2 Å². The molecule has 0 radical (unpaired) electrons. The van der Waals surface area contributed by atoms with Crippen molar-refractivity contribution >= 4 is 17.3 Å². The Morgan fingerprint density at radius 3 is 2.46 bits per heavy atom. The minimum Gasteiger partial charge on any atom is -0.508 e. The Hall–Kier alpha value is -3.53. The molecule has 0 saturated carbocycles. The van der Waals surface area contributed by atoms with Gasteiger partial charge in [0.05, 0.1) is 0 Å². The molecule has 1 aliphatic rings. The number of phenolic OH excluding ortho intramolecular Hbond substituents is 1. The molecule has 2 N–H and O–H groups in total. The van der Waals surface area contributed by atoms with E-state index in [4.69, 9.17) is 0 Å². The van der Waals surface area contributed by atoms with Gasteiger partial charge in [0.2, 0.25) is 0 Å². The van der Waals surface area contributed by atoms with Crippen LogP contribution >= 0.6 is 0 Å². The summed E-state index contributed by atoms with van der Waals surface area (Å²) in [6.07, 6.45) is 1.40. The number of phenols is 1. The molecule has 144 valence electrons. The molecular weight excluding hydrogens is 359 g/mol. The first-order valence-corrected chi connectivity index (χ1v) is 8.94. The van der Waals surface area contributed by atoms with E-state index in [-0.39, 0.29) is 23.0 Å². The van der Waals surface area contributed by atoms with Crippen LogP contribution in [-0.2, 0) is 4.79 Å². The Labute approximate surface area is 163 Å². The molecular formula is C21H21FN4O2. The maximum absolute atomic E-state index is 13.1. The van der Waals surface area contributed by atoms with Gasteiger partial charge in [-0.3, -0.25) is 4.79 Å². The lowest BCUT2D eigenvalue weighted by atomic mass is 10.2. The third-order valence-electron chi connectivity index (χ3n) is 4.69. The first kappa shape index (κ1) is 19.2. The number of hydrogen-bond donors (Lipinski definition) is 2. The highest BCUT2D eigenvalue weighted by Crippen LogP contribution is 2.21. The van der Waals surface area contributed by atoms with Crippen LogP contribution in [-0.4, -0.2) is 42.1 Å². The highest BCUT2D eigenvalue weighted by molar-refractivity contribution is 5.97. The normalized spacial score (nSPS) is 14.5. The predicted octanol–water partition coefficient (Wildman–Crippen LogP) is 3.01. The molecule has 1 amide bonds. The number of piperazine rings is 1. The summed E-state index contributed by atoms with van der Waals surface area (Å²) in [7, 11) is 0. The summed E-state index contributed by atoms with van der Waals surface area (Å²) in [5.74, 6) is -0.453. The van der Waals surface area contributed by atoms with Gasteiger partial charge in [-0.25, -0.2) is 4.39 Å². The summed E-state index contributed by atoms with van der Waals surface area (Å²) >= 11 is 0. The molecule has 1 fully saturated rings. The molecule has 2 aromatic carbocycles. The second-order valence-electron chi connectivity index (χ2n) is 6.57. The third kappa shape index (κ3) is 4.41. The standard InChI is InChI=1S/C21H21FN4O2/c1-15-12-19(27)6-7-20(15)24-14-16(13-23)21(28)26-10-8-25(9-11-26)18-4-2-17(22)3-5-18/h2-7,12,14,24,27H,8-11H2,1H3/b16-14-. The minimum absolute atomic E-state index is 0.0164. The van der Waals surface area contributed by atoms with Crippen LogP contribution in [0.1, 0.15) is 5.56 Å². The molecule has 1 heterocycles. The number of hydrogen-bond acceptors (Lipinski definition) is 5. The lowest BCUT2D eigenvalue weighted by Gasteiger charge is -2.36. The lowest BCUT2D eigenvalue weighted by Crippen LogP contribution is -2.49. The highest BCUT2D eigenvalue weighted by atomic mass is 19.1. The molecule has 0 aromatic heterocycles. The van der Waals surface area contributed by atoms with Gasteiger partial charge >= 0.3 is 0 Å². The minimum atomic E-state index is -0.329. The van der Waals surface area contributed by atoms with E-state index in [1.54, 1.807) is 29.2 Å². The number of carbonyl (C=O) groups is 1. The van der Waals surface area contributed by atoms with Crippen molar-refractivity contribution in [1.82, 2.24) is 4.90 Å². The molecule has 0 unspecified atom stereocenters. The Bertz CT molecular complexity index is 926. The summed E-state index contributed by atoms with van der Waals surface area (Å²) in [6.45, 7) is 4.00. The largest absolute Gasteiger partial charge is 0.508 e. The Morgan fingerprint density at radius 1 is 1.18 bits per heavy atom. The van der Waals surface area contributed by atoms with Gasteiger partial charge < -0.3 is 20.2 Å². The van der Waals surface area contributed by atoms with Crippen LogP contribution in [0.25, 0.3) is 0 Å². The van der Waals surface area contributed by atoms with Gasteiger partial charge in [0.15, 0.2) is 0 Å². The molecule has 2 aromatic rings. The fraction of sp³-hybridized carbons (Fsp3) is 0.238. The second-order valence-corrected chi connectivity index (χ2v) is 6.57. The van der Waals surface area contributed by atoms with Gasteiger partial charge in [-0.05, 0) is 55.0 Å². The average Bonchev–Trinajstić information content (AvgIpc) is 2.70. The Kier molecular flexibility index (Phi) is 5.80. The van der Waals surface area contributed by atoms with Crippen LogP contribution < -0.4 is 10.2 Å². The Balaban J connectivity index is 1.62. The van der Waals surface area contributed by atoms with Crippen molar-refractivity contribution in [3.8, 4) is 11.8 Å². The smallest absolute Gasteiger partial charge is 0.266 e. The van der Waals surface area contributed by atoms with Gasteiger partial charge in [-0.1, -0.05) is 0 Å². The zero-order valence-electron chi connectivity index (χ0n) is 15.5. The average molecular weight is 380 g/mol. The van der Waals surface area contributed by atoms with Gasteiger partial charge in [0.25, 0.3) is 5.91 Å². The molecule has 1 saturated heterocycles. The number of carbonyl (C=O) groups excluding carboxylic acids is 1. The number of amides is 1. The van der Waals surface area contributed by atoms with Crippen molar-refractivity contribution in [3.05, 3.63) is 65.6 Å². The number of rotatable bonds is 4. The fourth-order valence-electron chi connectivity index (χ4n) is 3.09. The van der Waals surface area contributed by atoms with Crippen molar-refractivity contribution in [2.24, 2.45) is 0 Å². The highest BCUT2D eigenvalue weighted by Gasteiger charge is 2.24. The first-order chi connectivity index (χ1) is 13.5.